The highest BCUT2D eigenvalue weighted by molar-refractivity contribution is 5.95. The van der Waals surface area contributed by atoms with Crippen LogP contribution >= 0.6 is 0 Å². The van der Waals surface area contributed by atoms with E-state index in [-0.39, 0.29) is 24.3 Å². The molecule has 3 rings (SSSR count). The highest BCUT2D eigenvalue weighted by Gasteiger charge is 2.15. The van der Waals surface area contributed by atoms with Crippen molar-refractivity contribution in [2.75, 3.05) is 18.6 Å². The molecule has 0 fully saturated rings. The first-order chi connectivity index (χ1) is 12.0. The number of nitrogen functional groups attached to an aromatic ring is 2. The number of aromatic nitrogens is 4. The van der Waals surface area contributed by atoms with E-state index in [1.165, 1.54) is 0 Å². The first-order valence-electron chi connectivity index (χ1n) is 7.34. The molecular formula is C16H16N6O3. The normalized spacial score (nSPS) is 10.6. The van der Waals surface area contributed by atoms with Crippen molar-refractivity contribution >= 4 is 28.8 Å². The van der Waals surface area contributed by atoms with Crippen molar-refractivity contribution in [1.82, 2.24) is 19.9 Å². The van der Waals surface area contributed by atoms with Crippen LogP contribution in [0.15, 0.2) is 24.3 Å². The smallest absolute Gasteiger partial charge is 0.340 e. The number of hydrogen-bond acceptors (Lipinski definition) is 9. The molecule has 0 unspecified atom stereocenters. The Bertz CT molecular complexity index is 940. The molecule has 25 heavy (non-hydrogen) atoms. The highest BCUT2D eigenvalue weighted by Crippen LogP contribution is 2.22. The van der Waals surface area contributed by atoms with Gasteiger partial charge in [0.25, 0.3) is 0 Å². The van der Waals surface area contributed by atoms with Gasteiger partial charge >= 0.3 is 5.97 Å². The number of anilines is 2. The zero-order valence-electron chi connectivity index (χ0n) is 13.7. The van der Waals surface area contributed by atoms with Crippen LogP contribution < -0.4 is 16.2 Å². The summed E-state index contributed by atoms with van der Waals surface area (Å²) in [4.78, 5) is 28.2. The third-order valence-electron chi connectivity index (χ3n) is 3.48. The summed E-state index contributed by atoms with van der Waals surface area (Å²) in [5.41, 5.74) is 12.6. The average Bonchev–Trinajstić information content (AvgIpc) is 2.57. The van der Waals surface area contributed by atoms with E-state index in [2.05, 4.69) is 19.9 Å². The number of carbonyl (C=O) groups is 1. The van der Waals surface area contributed by atoms with Crippen molar-refractivity contribution in [3.63, 3.8) is 0 Å². The van der Waals surface area contributed by atoms with Crippen LogP contribution in [0.5, 0.6) is 5.75 Å². The Hall–Kier alpha value is -3.49. The van der Waals surface area contributed by atoms with E-state index in [0.717, 1.165) is 10.9 Å². The van der Waals surface area contributed by atoms with Gasteiger partial charge in [0, 0.05) is 11.5 Å². The summed E-state index contributed by atoms with van der Waals surface area (Å²) >= 11 is 0. The second-order valence-corrected chi connectivity index (χ2v) is 5.22. The number of aryl methyl sites for hydroxylation is 1. The van der Waals surface area contributed by atoms with E-state index in [9.17, 15) is 4.79 Å². The number of methoxy groups -OCH3 is 1. The number of nitrogens with two attached hydrogens (primary N) is 2. The molecule has 0 aliphatic carbocycles. The van der Waals surface area contributed by atoms with Gasteiger partial charge in [0.2, 0.25) is 11.9 Å². The van der Waals surface area contributed by atoms with Crippen LogP contribution in [-0.2, 0) is 11.3 Å². The number of ether oxygens (including phenoxy) is 2. The number of carbonyl (C=O) groups excluding carboxylic acids is 1. The molecule has 0 aliphatic heterocycles. The van der Waals surface area contributed by atoms with E-state index in [1.807, 2.05) is 6.07 Å². The number of rotatable bonds is 4. The van der Waals surface area contributed by atoms with Crippen LogP contribution in [0.1, 0.15) is 21.9 Å². The fraction of sp³-hybridized carbons (Fsp3) is 0.188. The van der Waals surface area contributed by atoms with Crippen LogP contribution in [0.25, 0.3) is 10.9 Å². The lowest BCUT2D eigenvalue weighted by atomic mass is 10.1. The Morgan fingerprint density at radius 3 is 2.48 bits per heavy atom. The van der Waals surface area contributed by atoms with E-state index < -0.39 is 5.97 Å². The summed E-state index contributed by atoms with van der Waals surface area (Å²) < 4.78 is 10.4. The molecule has 2 aromatic heterocycles. The maximum absolute atomic E-state index is 12.4. The van der Waals surface area contributed by atoms with Crippen LogP contribution in [0.4, 0.5) is 11.9 Å². The van der Waals surface area contributed by atoms with Crippen LogP contribution in [-0.4, -0.2) is 33.0 Å². The van der Waals surface area contributed by atoms with E-state index in [4.69, 9.17) is 20.9 Å². The van der Waals surface area contributed by atoms with Gasteiger partial charge in [0.05, 0.1) is 23.9 Å². The van der Waals surface area contributed by atoms with Crippen molar-refractivity contribution in [2.45, 2.75) is 13.5 Å². The van der Waals surface area contributed by atoms with E-state index in [1.54, 1.807) is 32.2 Å². The Kier molecular flexibility index (Phi) is 4.29. The van der Waals surface area contributed by atoms with E-state index >= 15 is 0 Å². The predicted octanol–water partition coefficient (Wildman–Crippen LogP) is 1.26. The molecule has 2 heterocycles. The van der Waals surface area contributed by atoms with Crippen LogP contribution in [0.2, 0.25) is 0 Å². The Morgan fingerprint density at radius 1 is 1.08 bits per heavy atom. The summed E-state index contributed by atoms with van der Waals surface area (Å²) in [6.45, 7) is 1.56. The predicted molar refractivity (Wildman–Crippen MR) is 90.8 cm³/mol. The minimum absolute atomic E-state index is 0.0314. The summed E-state index contributed by atoms with van der Waals surface area (Å²) in [7, 11) is 1.58. The molecule has 0 saturated heterocycles. The first-order valence-corrected chi connectivity index (χ1v) is 7.34. The lowest BCUT2D eigenvalue weighted by molar-refractivity contribution is 0.0461. The SMILES string of the molecule is COc1ccc2cc(C(=O)OCc3nc(N)nc(N)n3)c(C)nc2c1. The molecule has 0 atom stereocenters. The monoisotopic (exact) mass is 340 g/mol. The lowest BCUT2D eigenvalue weighted by Crippen LogP contribution is -2.12. The van der Waals surface area contributed by atoms with Gasteiger partial charge in [0.15, 0.2) is 12.4 Å². The topological polar surface area (TPSA) is 139 Å². The molecule has 0 bridgehead atoms. The van der Waals surface area contributed by atoms with Crippen molar-refractivity contribution in [3.8, 4) is 5.75 Å². The second-order valence-electron chi connectivity index (χ2n) is 5.22. The number of benzene rings is 1. The molecular weight excluding hydrogens is 324 g/mol. The van der Waals surface area contributed by atoms with Gasteiger partial charge in [-0.1, -0.05) is 0 Å². The average molecular weight is 340 g/mol. The molecule has 128 valence electrons. The fourth-order valence-electron chi connectivity index (χ4n) is 2.31. The molecule has 0 radical (unpaired) electrons. The van der Waals surface area contributed by atoms with Gasteiger partial charge in [-0.2, -0.15) is 15.0 Å². The molecule has 9 heteroatoms. The minimum atomic E-state index is -0.541. The lowest BCUT2D eigenvalue weighted by Gasteiger charge is -2.09. The first kappa shape index (κ1) is 16.4. The van der Waals surface area contributed by atoms with Gasteiger partial charge in [-0.15, -0.1) is 0 Å². The molecule has 1 aromatic carbocycles. The molecule has 3 aromatic rings. The van der Waals surface area contributed by atoms with Gasteiger partial charge in [0.1, 0.15) is 5.75 Å². The summed E-state index contributed by atoms with van der Waals surface area (Å²) in [6.07, 6.45) is 0. The molecule has 9 nitrogen and oxygen atoms in total. The Labute approximate surface area is 143 Å². The number of fused-ring (bicyclic) bond motifs is 1. The zero-order chi connectivity index (χ0) is 18.0. The second kappa shape index (κ2) is 6.56. The van der Waals surface area contributed by atoms with Crippen LogP contribution in [0.3, 0.4) is 0 Å². The van der Waals surface area contributed by atoms with Gasteiger partial charge in [-0.25, -0.2) is 4.79 Å². The maximum atomic E-state index is 12.4. The molecule has 0 aliphatic rings. The van der Waals surface area contributed by atoms with E-state index in [0.29, 0.717) is 17.0 Å². The largest absolute Gasteiger partial charge is 0.497 e. The zero-order valence-corrected chi connectivity index (χ0v) is 13.7. The molecule has 0 amide bonds. The highest BCUT2D eigenvalue weighted by atomic mass is 16.5. The maximum Gasteiger partial charge on any atom is 0.340 e. The summed E-state index contributed by atoms with van der Waals surface area (Å²) in [6, 6.07) is 7.14. The van der Waals surface area contributed by atoms with Gasteiger partial charge in [-0.05, 0) is 25.1 Å². The van der Waals surface area contributed by atoms with Crippen molar-refractivity contribution < 1.29 is 14.3 Å². The Morgan fingerprint density at radius 2 is 1.80 bits per heavy atom. The standard InChI is InChI=1S/C16H16N6O3/c1-8-11(5-9-3-4-10(24-2)6-12(9)19-8)14(23)25-7-13-20-15(17)22-16(18)21-13/h3-6H,7H2,1-2H3,(H4,17,18,20,21,22). The third kappa shape index (κ3) is 3.55. The third-order valence-corrected chi connectivity index (χ3v) is 3.48. The van der Waals surface area contributed by atoms with Crippen molar-refractivity contribution in [2.24, 2.45) is 0 Å². The number of hydrogen-bond donors (Lipinski definition) is 2. The molecule has 0 spiro atoms. The van der Waals surface area contributed by atoms with Gasteiger partial charge in [-0.3, -0.25) is 4.98 Å². The van der Waals surface area contributed by atoms with Crippen LogP contribution in [0, 0.1) is 6.92 Å². The number of nitrogens with zero attached hydrogens (tertiary/aromatic N) is 4. The fourth-order valence-corrected chi connectivity index (χ4v) is 2.31. The summed E-state index contributed by atoms with van der Waals surface area (Å²) in [5, 5.41) is 0.798. The minimum Gasteiger partial charge on any atom is -0.497 e. The Balaban J connectivity index is 1.82. The van der Waals surface area contributed by atoms with Crippen molar-refractivity contribution in [1.29, 1.82) is 0 Å². The summed E-state index contributed by atoms with van der Waals surface area (Å²) in [5.74, 6) is 0.265. The molecule has 4 N–H and O–H groups in total. The number of esters is 1. The number of pyridine rings is 1. The van der Waals surface area contributed by atoms with Gasteiger partial charge < -0.3 is 20.9 Å². The molecule has 0 saturated carbocycles. The quantitative estimate of drug-likeness (QED) is 0.672. The van der Waals surface area contributed by atoms with Crippen molar-refractivity contribution in [3.05, 3.63) is 41.3 Å².